The van der Waals surface area contributed by atoms with E-state index in [0.29, 0.717) is 6.42 Å². The fourth-order valence-electron chi connectivity index (χ4n) is 2.47. The topological polar surface area (TPSA) is 63.1 Å². The Labute approximate surface area is 115 Å². The van der Waals surface area contributed by atoms with Crippen LogP contribution in [0.5, 0.6) is 0 Å². The first-order chi connectivity index (χ1) is 9.16. The average molecular weight is 274 g/mol. The Kier molecular flexibility index (Phi) is 3.06. The summed E-state index contributed by atoms with van der Waals surface area (Å²) >= 11 is 1.59. The van der Waals surface area contributed by atoms with Crippen LogP contribution in [0.4, 0.5) is 0 Å². The van der Waals surface area contributed by atoms with Gasteiger partial charge >= 0.3 is 5.97 Å². The number of fused-ring (bicyclic) bond motifs is 1. The van der Waals surface area contributed by atoms with Crippen molar-refractivity contribution in [1.82, 2.24) is 9.97 Å². The second kappa shape index (κ2) is 4.74. The molecule has 1 N–H and O–H groups in total. The lowest BCUT2D eigenvalue weighted by Crippen LogP contribution is -2.17. The van der Waals surface area contributed by atoms with Gasteiger partial charge in [0.05, 0.1) is 5.69 Å². The number of thiazole rings is 1. The average Bonchev–Trinajstić information content (AvgIpc) is 2.82. The molecule has 1 aliphatic rings. The minimum absolute atomic E-state index is 0.447. The predicted molar refractivity (Wildman–Crippen MR) is 73.4 cm³/mol. The van der Waals surface area contributed by atoms with Crippen molar-refractivity contribution in [1.29, 1.82) is 0 Å². The number of rotatable bonds is 2. The van der Waals surface area contributed by atoms with Gasteiger partial charge in [0.25, 0.3) is 0 Å². The molecule has 98 valence electrons. The van der Waals surface area contributed by atoms with Crippen molar-refractivity contribution in [3.05, 3.63) is 34.5 Å². The zero-order chi connectivity index (χ0) is 13.4. The number of hydrogen-bond acceptors (Lipinski definition) is 4. The van der Waals surface area contributed by atoms with Gasteiger partial charge in [-0.1, -0.05) is 6.07 Å². The van der Waals surface area contributed by atoms with Crippen LogP contribution in [0, 0.1) is 6.92 Å². The van der Waals surface area contributed by atoms with E-state index in [1.807, 2.05) is 19.1 Å². The van der Waals surface area contributed by atoms with Crippen LogP contribution in [0.2, 0.25) is 0 Å². The van der Waals surface area contributed by atoms with Gasteiger partial charge in [-0.05, 0) is 37.8 Å². The van der Waals surface area contributed by atoms with Crippen LogP contribution < -0.4 is 0 Å². The van der Waals surface area contributed by atoms with E-state index < -0.39 is 11.9 Å². The van der Waals surface area contributed by atoms with E-state index in [4.69, 9.17) is 0 Å². The molecular formula is C14H14N2O2S. The molecule has 0 spiro atoms. The molecule has 1 unspecified atom stereocenters. The Morgan fingerprint density at radius 1 is 1.53 bits per heavy atom. The van der Waals surface area contributed by atoms with Gasteiger partial charge in [0.1, 0.15) is 16.6 Å². The van der Waals surface area contributed by atoms with E-state index in [1.165, 1.54) is 0 Å². The molecule has 2 aromatic heterocycles. The minimum Gasteiger partial charge on any atom is -0.481 e. The molecule has 0 amide bonds. The highest BCUT2D eigenvalue weighted by atomic mass is 32.1. The molecule has 4 nitrogen and oxygen atoms in total. The summed E-state index contributed by atoms with van der Waals surface area (Å²) in [4.78, 5) is 21.3. The number of hydrogen-bond donors (Lipinski definition) is 1. The maximum Gasteiger partial charge on any atom is 0.312 e. The summed E-state index contributed by atoms with van der Waals surface area (Å²) in [6.45, 7) is 2.00. The zero-order valence-corrected chi connectivity index (χ0v) is 11.4. The number of aliphatic carboxylic acids is 1. The van der Waals surface area contributed by atoms with Crippen LogP contribution >= 0.6 is 11.3 Å². The number of carbonyl (C=O) groups is 1. The Morgan fingerprint density at radius 3 is 3.11 bits per heavy atom. The number of aryl methyl sites for hydroxylation is 2. The van der Waals surface area contributed by atoms with Crippen molar-refractivity contribution in [2.45, 2.75) is 32.1 Å². The van der Waals surface area contributed by atoms with Crippen LogP contribution in [-0.2, 0) is 11.2 Å². The molecule has 0 aliphatic heterocycles. The molecular weight excluding hydrogens is 260 g/mol. The first-order valence-electron chi connectivity index (χ1n) is 6.31. The standard InChI is InChI=1S/C14H14N2O2S/c1-8-4-3-7-15-11(8)13-16-12-9(14(17)18)5-2-6-10(12)19-13/h3-4,7,9H,2,5-6H2,1H3,(H,17,18). The second-order valence-electron chi connectivity index (χ2n) is 4.78. The molecule has 0 saturated heterocycles. The number of carboxylic acids is 1. The molecule has 2 aromatic rings. The highest BCUT2D eigenvalue weighted by Gasteiger charge is 2.30. The van der Waals surface area contributed by atoms with E-state index in [2.05, 4.69) is 9.97 Å². The van der Waals surface area contributed by atoms with Gasteiger partial charge in [-0.2, -0.15) is 0 Å². The number of pyridine rings is 1. The van der Waals surface area contributed by atoms with Crippen molar-refractivity contribution in [2.24, 2.45) is 0 Å². The maximum absolute atomic E-state index is 11.3. The minimum atomic E-state index is -0.768. The van der Waals surface area contributed by atoms with Gasteiger partial charge in [-0.25, -0.2) is 4.98 Å². The Balaban J connectivity index is 2.07. The lowest BCUT2D eigenvalue weighted by molar-refractivity contribution is -0.139. The normalized spacial score (nSPS) is 18.1. The van der Waals surface area contributed by atoms with Gasteiger partial charge in [0.15, 0.2) is 0 Å². The van der Waals surface area contributed by atoms with Crippen LogP contribution in [0.3, 0.4) is 0 Å². The van der Waals surface area contributed by atoms with Gasteiger partial charge in [-0.15, -0.1) is 11.3 Å². The smallest absolute Gasteiger partial charge is 0.312 e. The fourth-order valence-corrected chi connectivity index (χ4v) is 3.70. The molecule has 0 radical (unpaired) electrons. The van der Waals surface area contributed by atoms with E-state index in [0.717, 1.165) is 39.7 Å². The Morgan fingerprint density at radius 2 is 2.37 bits per heavy atom. The molecule has 0 fully saturated rings. The molecule has 0 bridgehead atoms. The first kappa shape index (κ1) is 12.3. The van der Waals surface area contributed by atoms with E-state index in [1.54, 1.807) is 17.5 Å². The number of nitrogens with zero attached hydrogens (tertiary/aromatic N) is 2. The molecule has 1 atom stereocenters. The molecule has 0 aromatic carbocycles. The van der Waals surface area contributed by atoms with Gasteiger partial charge in [0.2, 0.25) is 0 Å². The molecule has 0 saturated carbocycles. The van der Waals surface area contributed by atoms with Gasteiger partial charge in [0, 0.05) is 11.1 Å². The highest BCUT2D eigenvalue weighted by Crippen LogP contribution is 2.38. The first-order valence-corrected chi connectivity index (χ1v) is 7.13. The monoisotopic (exact) mass is 274 g/mol. The number of aromatic nitrogens is 2. The molecule has 3 rings (SSSR count). The summed E-state index contributed by atoms with van der Waals surface area (Å²) in [7, 11) is 0. The Hall–Kier alpha value is -1.75. The lowest BCUT2D eigenvalue weighted by Gasteiger charge is -2.16. The zero-order valence-electron chi connectivity index (χ0n) is 10.6. The fraction of sp³-hybridized carbons (Fsp3) is 0.357. The van der Waals surface area contributed by atoms with Crippen molar-refractivity contribution in [3.63, 3.8) is 0 Å². The molecule has 5 heteroatoms. The SMILES string of the molecule is Cc1cccnc1-c1nc2c(s1)CCCC2C(=O)O. The van der Waals surface area contributed by atoms with E-state index in [9.17, 15) is 9.90 Å². The molecule has 19 heavy (non-hydrogen) atoms. The van der Waals surface area contributed by atoms with E-state index >= 15 is 0 Å². The van der Waals surface area contributed by atoms with Crippen LogP contribution in [0.15, 0.2) is 18.3 Å². The van der Waals surface area contributed by atoms with Crippen molar-refractivity contribution >= 4 is 17.3 Å². The van der Waals surface area contributed by atoms with Crippen LogP contribution in [0.25, 0.3) is 10.7 Å². The largest absolute Gasteiger partial charge is 0.481 e. The third kappa shape index (κ3) is 2.14. The molecule has 2 heterocycles. The van der Waals surface area contributed by atoms with Gasteiger partial charge < -0.3 is 5.11 Å². The van der Waals surface area contributed by atoms with Crippen molar-refractivity contribution in [2.75, 3.05) is 0 Å². The van der Waals surface area contributed by atoms with Crippen LogP contribution in [0.1, 0.15) is 34.9 Å². The second-order valence-corrected chi connectivity index (χ2v) is 5.86. The van der Waals surface area contributed by atoms with Crippen LogP contribution in [-0.4, -0.2) is 21.0 Å². The molecule has 1 aliphatic carbocycles. The number of carboxylic acid groups (broad SMARTS) is 1. The summed E-state index contributed by atoms with van der Waals surface area (Å²) in [5.74, 6) is -1.21. The predicted octanol–water partition coefficient (Wildman–Crippen LogP) is 3.02. The quantitative estimate of drug-likeness (QED) is 0.914. The summed E-state index contributed by atoms with van der Waals surface area (Å²) < 4.78 is 0. The highest BCUT2D eigenvalue weighted by molar-refractivity contribution is 7.15. The lowest BCUT2D eigenvalue weighted by atomic mass is 9.91. The van der Waals surface area contributed by atoms with Crippen molar-refractivity contribution < 1.29 is 9.90 Å². The summed E-state index contributed by atoms with van der Waals surface area (Å²) in [6, 6.07) is 3.89. The van der Waals surface area contributed by atoms with E-state index in [-0.39, 0.29) is 0 Å². The third-order valence-electron chi connectivity index (χ3n) is 3.46. The third-order valence-corrected chi connectivity index (χ3v) is 4.60. The summed E-state index contributed by atoms with van der Waals surface area (Å²) in [5.41, 5.74) is 2.69. The Bertz CT molecular complexity index is 636. The van der Waals surface area contributed by atoms with Gasteiger partial charge in [-0.3, -0.25) is 9.78 Å². The summed E-state index contributed by atoms with van der Waals surface area (Å²) in [6.07, 6.45) is 4.29. The van der Waals surface area contributed by atoms with Crippen molar-refractivity contribution in [3.8, 4) is 10.7 Å². The summed E-state index contributed by atoms with van der Waals surface area (Å²) in [5, 5.41) is 10.1. The maximum atomic E-state index is 11.3.